The molecule has 1 heterocycles. The summed E-state index contributed by atoms with van der Waals surface area (Å²) < 4.78 is 0. The molecule has 0 saturated carbocycles. The van der Waals surface area contributed by atoms with Crippen LogP contribution in [0.5, 0.6) is 0 Å². The van der Waals surface area contributed by atoms with Crippen LogP contribution < -0.4 is 5.73 Å². The summed E-state index contributed by atoms with van der Waals surface area (Å²) >= 11 is 0. The van der Waals surface area contributed by atoms with E-state index in [2.05, 4.69) is 11.9 Å². The minimum atomic E-state index is 0. The predicted octanol–water partition coefficient (Wildman–Crippen LogP) is 2.69. The molecule has 74 valence electrons. The topological polar surface area (TPSA) is 38.9 Å². The Kier molecular flexibility index (Phi) is 6.55. The van der Waals surface area contributed by atoms with Gasteiger partial charge in [-0.1, -0.05) is 19.8 Å². The standard InChI is InChI=1S/C10H16N2.ClH/c1-2-3-4-10(11)9-5-7-12-8-6-9;/h5-8,10H,2-4,11H2,1H3;1H. The van der Waals surface area contributed by atoms with Gasteiger partial charge in [0.15, 0.2) is 0 Å². The number of unbranched alkanes of at least 4 members (excludes halogenated alkanes) is 1. The fraction of sp³-hybridized carbons (Fsp3) is 0.500. The molecule has 0 aliphatic carbocycles. The third-order valence-corrected chi connectivity index (χ3v) is 2.00. The quantitative estimate of drug-likeness (QED) is 0.812. The van der Waals surface area contributed by atoms with Crippen molar-refractivity contribution < 1.29 is 0 Å². The fourth-order valence-electron chi connectivity index (χ4n) is 1.20. The summed E-state index contributed by atoms with van der Waals surface area (Å²) in [5.74, 6) is 0. The van der Waals surface area contributed by atoms with E-state index in [0.717, 1.165) is 6.42 Å². The molecule has 1 aromatic rings. The van der Waals surface area contributed by atoms with E-state index in [4.69, 9.17) is 5.73 Å². The van der Waals surface area contributed by atoms with Crippen molar-refractivity contribution in [1.82, 2.24) is 4.98 Å². The second kappa shape index (κ2) is 6.87. The van der Waals surface area contributed by atoms with Crippen molar-refractivity contribution in [3.8, 4) is 0 Å². The molecule has 1 unspecified atom stereocenters. The van der Waals surface area contributed by atoms with E-state index in [9.17, 15) is 0 Å². The third kappa shape index (κ3) is 4.25. The highest BCUT2D eigenvalue weighted by Gasteiger charge is 2.03. The Morgan fingerprint density at radius 2 is 2.00 bits per heavy atom. The summed E-state index contributed by atoms with van der Waals surface area (Å²) in [6.45, 7) is 2.18. The number of halogens is 1. The van der Waals surface area contributed by atoms with Crippen LogP contribution in [0.2, 0.25) is 0 Å². The lowest BCUT2D eigenvalue weighted by Gasteiger charge is -2.09. The number of nitrogens with zero attached hydrogens (tertiary/aromatic N) is 1. The normalized spacial score (nSPS) is 11.8. The van der Waals surface area contributed by atoms with E-state index in [1.54, 1.807) is 12.4 Å². The van der Waals surface area contributed by atoms with E-state index in [-0.39, 0.29) is 18.4 Å². The summed E-state index contributed by atoms with van der Waals surface area (Å²) in [6, 6.07) is 4.16. The van der Waals surface area contributed by atoms with Crippen molar-refractivity contribution in [1.29, 1.82) is 0 Å². The lowest BCUT2D eigenvalue weighted by atomic mass is 10.0. The van der Waals surface area contributed by atoms with Gasteiger partial charge in [-0.2, -0.15) is 0 Å². The maximum atomic E-state index is 5.95. The van der Waals surface area contributed by atoms with Crippen LogP contribution in [0.4, 0.5) is 0 Å². The molecular weight excluding hydrogens is 184 g/mol. The number of pyridine rings is 1. The highest BCUT2D eigenvalue weighted by Crippen LogP contribution is 2.14. The Balaban J connectivity index is 0.00000144. The van der Waals surface area contributed by atoms with Crippen LogP contribution in [-0.2, 0) is 0 Å². The third-order valence-electron chi connectivity index (χ3n) is 2.00. The minimum Gasteiger partial charge on any atom is -0.324 e. The summed E-state index contributed by atoms with van der Waals surface area (Å²) in [5, 5.41) is 0. The first-order valence-corrected chi connectivity index (χ1v) is 4.50. The minimum absolute atomic E-state index is 0. The molecule has 13 heavy (non-hydrogen) atoms. The molecule has 0 aliphatic rings. The number of nitrogens with two attached hydrogens (primary N) is 1. The summed E-state index contributed by atoms with van der Waals surface area (Å²) in [6.07, 6.45) is 7.06. The maximum absolute atomic E-state index is 5.95. The van der Waals surface area contributed by atoms with Crippen LogP contribution in [0.3, 0.4) is 0 Å². The average Bonchev–Trinajstić information content (AvgIpc) is 2.15. The molecule has 0 spiro atoms. The van der Waals surface area contributed by atoms with E-state index >= 15 is 0 Å². The van der Waals surface area contributed by atoms with Gasteiger partial charge in [0.05, 0.1) is 0 Å². The fourth-order valence-corrected chi connectivity index (χ4v) is 1.20. The number of hydrogen-bond donors (Lipinski definition) is 1. The highest BCUT2D eigenvalue weighted by molar-refractivity contribution is 5.85. The van der Waals surface area contributed by atoms with Gasteiger partial charge in [0.2, 0.25) is 0 Å². The van der Waals surface area contributed by atoms with Gasteiger partial charge < -0.3 is 5.73 Å². The Hall–Kier alpha value is -0.600. The van der Waals surface area contributed by atoms with Crippen LogP contribution in [0.15, 0.2) is 24.5 Å². The Labute approximate surface area is 86.0 Å². The predicted molar refractivity (Wildman–Crippen MR) is 57.9 cm³/mol. The first-order chi connectivity index (χ1) is 5.84. The lowest BCUT2D eigenvalue weighted by molar-refractivity contribution is 0.603. The van der Waals surface area contributed by atoms with Crippen molar-refractivity contribution >= 4 is 12.4 Å². The molecule has 3 heteroatoms. The van der Waals surface area contributed by atoms with Gasteiger partial charge in [-0.25, -0.2) is 0 Å². The van der Waals surface area contributed by atoms with Gasteiger partial charge in [0.1, 0.15) is 0 Å². The van der Waals surface area contributed by atoms with Crippen molar-refractivity contribution in [2.45, 2.75) is 32.2 Å². The van der Waals surface area contributed by atoms with Gasteiger partial charge in [-0.15, -0.1) is 12.4 Å². The molecule has 0 aromatic carbocycles. The Morgan fingerprint density at radius 1 is 1.38 bits per heavy atom. The second-order valence-corrected chi connectivity index (χ2v) is 3.03. The smallest absolute Gasteiger partial charge is 0.0295 e. The van der Waals surface area contributed by atoms with Gasteiger partial charge in [-0.3, -0.25) is 4.98 Å². The number of rotatable bonds is 4. The number of hydrogen-bond acceptors (Lipinski definition) is 2. The van der Waals surface area contributed by atoms with Crippen LogP contribution >= 0.6 is 12.4 Å². The van der Waals surface area contributed by atoms with Gasteiger partial charge in [0, 0.05) is 18.4 Å². The van der Waals surface area contributed by atoms with Crippen LogP contribution in [-0.4, -0.2) is 4.98 Å². The van der Waals surface area contributed by atoms with Gasteiger partial charge in [0.25, 0.3) is 0 Å². The average molecular weight is 201 g/mol. The van der Waals surface area contributed by atoms with Crippen molar-refractivity contribution in [2.75, 3.05) is 0 Å². The van der Waals surface area contributed by atoms with Gasteiger partial charge in [-0.05, 0) is 24.1 Å². The summed E-state index contributed by atoms with van der Waals surface area (Å²) in [4.78, 5) is 3.95. The molecule has 1 atom stereocenters. The van der Waals surface area contributed by atoms with E-state index in [1.807, 2.05) is 12.1 Å². The lowest BCUT2D eigenvalue weighted by Crippen LogP contribution is -2.09. The van der Waals surface area contributed by atoms with E-state index in [0.29, 0.717) is 0 Å². The first kappa shape index (κ1) is 12.4. The maximum Gasteiger partial charge on any atom is 0.0295 e. The van der Waals surface area contributed by atoms with Crippen molar-refractivity contribution in [3.05, 3.63) is 30.1 Å². The molecule has 0 amide bonds. The van der Waals surface area contributed by atoms with E-state index in [1.165, 1.54) is 18.4 Å². The zero-order valence-electron chi connectivity index (χ0n) is 7.94. The number of aromatic nitrogens is 1. The highest BCUT2D eigenvalue weighted by atomic mass is 35.5. The van der Waals surface area contributed by atoms with Crippen LogP contribution in [0.1, 0.15) is 37.8 Å². The molecule has 1 rings (SSSR count). The molecular formula is C10H17ClN2. The molecule has 0 aliphatic heterocycles. The summed E-state index contributed by atoms with van der Waals surface area (Å²) in [7, 11) is 0. The molecule has 0 fully saturated rings. The Morgan fingerprint density at radius 3 is 2.54 bits per heavy atom. The zero-order chi connectivity index (χ0) is 8.81. The van der Waals surface area contributed by atoms with Crippen molar-refractivity contribution in [3.63, 3.8) is 0 Å². The van der Waals surface area contributed by atoms with Crippen LogP contribution in [0, 0.1) is 0 Å². The SMILES string of the molecule is CCCCC(N)c1ccncc1.Cl. The van der Waals surface area contributed by atoms with Crippen LogP contribution in [0.25, 0.3) is 0 Å². The van der Waals surface area contributed by atoms with Crippen molar-refractivity contribution in [2.24, 2.45) is 5.73 Å². The second-order valence-electron chi connectivity index (χ2n) is 3.03. The summed E-state index contributed by atoms with van der Waals surface area (Å²) in [5.41, 5.74) is 7.15. The zero-order valence-corrected chi connectivity index (χ0v) is 8.76. The molecule has 0 bridgehead atoms. The Bertz CT molecular complexity index is 213. The molecule has 0 saturated heterocycles. The molecule has 2 nitrogen and oxygen atoms in total. The largest absolute Gasteiger partial charge is 0.324 e. The molecule has 1 aromatic heterocycles. The monoisotopic (exact) mass is 200 g/mol. The first-order valence-electron chi connectivity index (χ1n) is 4.50. The molecule has 0 radical (unpaired) electrons. The van der Waals surface area contributed by atoms with E-state index < -0.39 is 0 Å². The van der Waals surface area contributed by atoms with Gasteiger partial charge >= 0.3 is 0 Å². The molecule has 2 N–H and O–H groups in total.